The van der Waals surface area contributed by atoms with E-state index in [0.29, 0.717) is 5.01 Å². The van der Waals surface area contributed by atoms with Crippen molar-refractivity contribution < 1.29 is 9.59 Å². The van der Waals surface area contributed by atoms with Gasteiger partial charge in [-0.05, 0) is 12.1 Å². The number of primary amides is 1. The highest BCUT2D eigenvalue weighted by molar-refractivity contribution is 7.19. The summed E-state index contributed by atoms with van der Waals surface area (Å²) in [6, 6.07) is 3.44. The standard InChI is InChI=1S/C13H12N6O2S/c14-5-8(6-15)11(21)19-13-9(10(16)20)18-12(22-13)7-1-3-17-4-2-7/h1-6,14H,15H2,(H2,16,20)(H,19,21)/b8-6+,14-5?. The van der Waals surface area contributed by atoms with E-state index in [1.165, 1.54) is 0 Å². The van der Waals surface area contributed by atoms with E-state index in [4.69, 9.17) is 16.9 Å². The van der Waals surface area contributed by atoms with Crippen LogP contribution in [0.2, 0.25) is 0 Å². The molecule has 0 spiro atoms. The second kappa shape index (κ2) is 6.59. The Balaban J connectivity index is 2.39. The molecule has 6 N–H and O–H groups in total. The number of thiazole rings is 1. The Morgan fingerprint density at radius 2 is 2.00 bits per heavy atom. The van der Waals surface area contributed by atoms with Crippen LogP contribution in [-0.2, 0) is 4.79 Å². The summed E-state index contributed by atoms with van der Waals surface area (Å²) in [5, 5.41) is 10.3. The molecule has 0 atom stereocenters. The van der Waals surface area contributed by atoms with Crippen molar-refractivity contribution >= 4 is 34.4 Å². The number of carbonyl (C=O) groups excluding carboxylic acids is 2. The summed E-state index contributed by atoms with van der Waals surface area (Å²) < 4.78 is 0. The average Bonchev–Trinajstić information content (AvgIpc) is 2.93. The van der Waals surface area contributed by atoms with E-state index in [0.717, 1.165) is 29.3 Å². The van der Waals surface area contributed by atoms with Crippen LogP contribution in [-0.4, -0.2) is 28.0 Å². The molecular weight excluding hydrogens is 304 g/mol. The first-order valence-electron chi connectivity index (χ1n) is 6.01. The van der Waals surface area contributed by atoms with Gasteiger partial charge >= 0.3 is 0 Å². The highest BCUT2D eigenvalue weighted by Gasteiger charge is 2.19. The van der Waals surface area contributed by atoms with Crippen molar-refractivity contribution in [3.63, 3.8) is 0 Å². The minimum Gasteiger partial charge on any atom is -0.404 e. The second-order valence-electron chi connectivity index (χ2n) is 4.02. The molecule has 8 nitrogen and oxygen atoms in total. The first-order chi connectivity index (χ1) is 10.6. The number of nitrogens with zero attached hydrogens (tertiary/aromatic N) is 2. The topological polar surface area (TPSA) is 148 Å². The Labute approximate surface area is 129 Å². The van der Waals surface area contributed by atoms with Crippen LogP contribution in [0.3, 0.4) is 0 Å². The Hall–Kier alpha value is -3.07. The van der Waals surface area contributed by atoms with Crippen molar-refractivity contribution in [2.24, 2.45) is 11.5 Å². The van der Waals surface area contributed by atoms with Gasteiger partial charge in [0.2, 0.25) is 0 Å². The highest BCUT2D eigenvalue weighted by atomic mass is 32.1. The fraction of sp³-hybridized carbons (Fsp3) is 0. The molecule has 0 saturated heterocycles. The van der Waals surface area contributed by atoms with E-state index in [-0.39, 0.29) is 16.3 Å². The molecule has 2 rings (SSSR count). The van der Waals surface area contributed by atoms with Gasteiger partial charge in [-0.15, -0.1) is 0 Å². The van der Waals surface area contributed by atoms with Gasteiger partial charge in [0.05, 0.1) is 5.57 Å². The summed E-state index contributed by atoms with van der Waals surface area (Å²) in [6.07, 6.45) is 4.98. The predicted molar refractivity (Wildman–Crippen MR) is 83.5 cm³/mol. The van der Waals surface area contributed by atoms with Gasteiger partial charge in [-0.3, -0.25) is 14.6 Å². The minimum absolute atomic E-state index is 0.0470. The summed E-state index contributed by atoms with van der Waals surface area (Å²) in [7, 11) is 0. The Morgan fingerprint density at radius 1 is 1.32 bits per heavy atom. The summed E-state index contributed by atoms with van der Waals surface area (Å²) in [6.45, 7) is 0. The zero-order valence-electron chi connectivity index (χ0n) is 11.2. The predicted octanol–water partition coefficient (Wildman–Crippen LogP) is 0.735. The molecule has 0 unspecified atom stereocenters. The van der Waals surface area contributed by atoms with E-state index in [1.807, 2.05) is 0 Å². The molecule has 0 aromatic carbocycles. The number of aromatic nitrogens is 2. The minimum atomic E-state index is -0.764. The molecule has 0 saturated carbocycles. The molecule has 2 amide bonds. The number of hydrogen-bond donors (Lipinski definition) is 4. The maximum Gasteiger partial charge on any atom is 0.270 e. The van der Waals surface area contributed by atoms with Crippen molar-refractivity contribution in [2.45, 2.75) is 0 Å². The fourth-order valence-electron chi connectivity index (χ4n) is 1.55. The van der Waals surface area contributed by atoms with Crippen LogP contribution in [0.25, 0.3) is 10.6 Å². The quantitative estimate of drug-likeness (QED) is 0.474. The molecule has 22 heavy (non-hydrogen) atoms. The Kier molecular flexibility index (Phi) is 4.59. The largest absolute Gasteiger partial charge is 0.404 e. The van der Waals surface area contributed by atoms with Crippen LogP contribution >= 0.6 is 11.3 Å². The van der Waals surface area contributed by atoms with Crippen LogP contribution in [0.15, 0.2) is 36.3 Å². The van der Waals surface area contributed by atoms with Crippen LogP contribution in [0, 0.1) is 5.41 Å². The molecule has 0 radical (unpaired) electrons. The van der Waals surface area contributed by atoms with Gasteiger partial charge in [0.15, 0.2) is 5.69 Å². The van der Waals surface area contributed by atoms with E-state index in [1.54, 1.807) is 24.5 Å². The number of hydrogen-bond acceptors (Lipinski definition) is 7. The van der Waals surface area contributed by atoms with E-state index < -0.39 is 11.8 Å². The Morgan fingerprint density at radius 3 is 2.55 bits per heavy atom. The monoisotopic (exact) mass is 316 g/mol. The third-order valence-corrected chi connectivity index (χ3v) is 3.63. The van der Waals surface area contributed by atoms with E-state index in [9.17, 15) is 9.59 Å². The summed E-state index contributed by atoms with van der Waals surface area (Å²) in [4.78, 5) is 31.4. The average molecular weight is 316 g/mol. The van der Waals surface area contributed by atoms with Crippen molar-refractivity contribution in [1.82, 2.24) is 9.97 Å². The van der Waals surface area contributed by atoms with Gasteiger partial charge in [-0.25, -0.2) is 4.98 Å². The highest BCUT2D eigenvalue weighted by Crippen LogP contribution is 2.31. The molecule has 2 aromatic heterocycles. The molecule has 0 aliphatic heterocycles. The zero-order chi connectivity index (χ0) is 16.1. The van der Waals surface area contributed by atoms with Crippen molar-refractivity contribution in [3.8, 4) is 10.6 Å². The summed E-state index contributed by atoms with van der Waals surface area (Å²) in [5.41, 5.74) is 11.2. The summed E-state index contributed by atoms with van der Waals surface area (Å²) in [5.74, 6) is -1.38. The van der Waals surface area contributed by atoms with Crippen LogP contribution in [0.1, 0.15) is 10.5 Å². The fourth-order valence-corrected chi connectivity index (χ4v) is 2.53. The van der Waals surface area contributed by atoms with Gasteiger partial charge in [-0.1, -0.05) is 11.3 Å². The number of rotatable bonds is 5. The van der Waals surface area contributed by atoms with Gasteiger partial charge in [-0.2, -0.15) is 0 Å². The smallest absolute Gasteiger partial charge is 0.270 e. The molecule has 112 valence electrons. The van der Waals surface area contributed by atoms with E-state index in [2.05, 4.69) is 15.3 Å². The lowest BCUT2D eigenvalue weighted by molar-refractivity contribution is -0.112. The molecule has 2 heterocycles. The third kappa shape index (κ3) is 3.15. The first kappa shape index (κ1) is 15.3. The lowest BCUT2D eigenvalue weighted by atomic mass is 10.3. The number of amides is 2. The van der Waals surface area contributed by atoms with Gasteiger partial charge in [0.25, 0.3) is 11.8 Å². The van der Waals surface area contributed by atoms with E-state index >= 15 is 0 Å². The normalized spacial score (nSPS) is 11.0. The lowest BCUT2D eigenvalue weighted by Crippen LogP contribution is -2.19. The maximum absolute atomic E-state index is 11.9. The van der Waals surface area contributed by atoms with Crippen LogP contribution in [0.5, 0.6) is 0 Å². The van der Waals surface area contributed by atoms with Gasteiger partial charge in [0.1, 0.15) is 10.0 Å². The Bertz CT molecular complexity index is 753. The summed E-state index contributed by atoms with van der Waals surface area (Å²) >= 11 is 1.09. The number of anilines is 1. The molecule has 0 aliphatic carbocycles. The number of nitrogens with one attached hydrogen (secondary N) is 2. The number of pyridine rings is 1. The van der Waals surface area contributed by atoms with Crippen molar-refractivity contribution in [2.75, 3.05) is 5.32 Å². The molecule has 0 aliphatic rings. The second-order valence-corrected chi connectivity index (χ2v) is 5.02. The van der Waals surface area contributed by atoms with Crippen molar-refractivity contribution in [1.29, 1.82) is 5.41 Å². The zero-order valence-corrected chi connectivity index (χ0v) is 12.1. The van der Waals surface area contributed by atoms with Crippen LogP contribution < -0.4 is 16.8 Å². The van der Waals surface area contributed by atoms with Gasteiger partial charge < -0.3 is 22.2 Å². The third-order valence-electron chi connectivity index (χ3n) is 2.61. The van der Waals surface area contributed by atoms with Crippen LogP contribution in [0.4, 0.5) is 5.00 Å². The molecule has 0 fully saturated rings. The molecule has 0 bridgehead atoms. The molecule has 9 heteroatoms. The SMILES string of the molecule is N=C/C(=C\N)C(=O)Nc1sc(-c2ccncc2)nc1C(N)=O. The van der Waals surface area contributed by atoms with Crippen molar-refractivity contribution in [3.05, 3.63) is 42.0 Å². The maximum atomic E-state index is 11.9. The molecule has 2 aromatic rings. The van der Waals surface area contributed by atoms with Gasteiger partial charge in [0, 0.05) is 30.4 Å². The number of nitrogens with two attached hydrogens (primary N) is 2. The lowest BCUT2D eigenvalue weighted by Gasteiger charge is -2.02. The number of carbonyl (C=O) groups is 2. The first-order valence-corrected chi connectivity index (χ1v) is 6.83. The molecular formula is C13H12N6O2S.